The highest BCUT2D eigenvalue weighted by Crippen LogP contribution is 2.30. The summed E-state index contributed by atoms with van der Waals surface area (Å²) in [6, 6.07) is 16.5. The van der Waals surface area contributed by atoms with Gasteiger partial charge in [-0.3, -0.25) is 0 Å². The van der Waals surface area contributed by atoms with Crippen LogP contribution in [0.5, 0.6) is 0 Å². The second-order valence-corrected chi connectivity index (χ2v) is 6.70. The number of fused-ring (bicyclic) bond motifs is 1. The molecule has 20 heavy (non-hydrogen) atoms. The van der Waals surface area contributed by atoms with Gasteiger partial charge in [-0.05, 0) is 30.3 Å². The molecule has 3 rings (SSSR count). The second kappa shape index (κ2) is 6.04. The van der Waals surface area contributed by atoms with E-state index in [9.17, 15) is 0 Å². The monoisotopic (exact) mass is 346 g/mol. The Kier molecular flexibility index (Phi) is 4.15. The molecule has 2 aromatic carbocycles. The van der Waals surface area contributed by atoms with Gasteiger partial charge in [0.15, 0.2) is 0 Å². The van der Waals surface area contributed by atoms with Crippen LogP contribution in [-0.4, -0.2) is 11.5 Å². The quantitative estimate of drug-likeness (QED) is 0.762. The number of hydrogen-bond acceptors (Lipinski definition) is 3. The van der Waals surface area contributed by atoms with Crippen LogP contribution in [0, 0.1) is 0 Å². The molecule has 4 heteroatoms. The molecule has 1 heterocycles. The lowest BCUT2D eigenvalue weighted by Crippen LogP contribution is -2.15. The fourth-order valence-electron chi connectivity index (χ4n) is 2.34. The minimum atomic E-state index is 0.297. The van der Waals surface area contributed by atoms with E-state index < -0.39 is 0 Å². The maximum absolute atomic E-state index is 5.97. The topological polar surface area (TPSA) is 38.9 Å². The summed E-state index contributed by atoms with van der Waals surface area (Å²) in [6.45, 7) is 0.624. The number of nitrogens with two attached hydrogens (primary N) is 1. The van der Waals surface area contributed by atoms with Crippen molar-refractivity contribution in [1.29, 1.82) is 0 Å². The molecule has 2 nitrogen and oxygen atoms in total. The average Bonchev–Trinajstić information content (AvgIpc) is 2.88. The first kappa shape index (κ1) is 13.7. The second-order valence-electron chi connectivity index (χ2n) is 4.73. The Labute approximate surface area is 130 Å². The van der Waals surface area contributed by atoms with Crippen LogP contribution >= 0.6 is 27.3 Å². The van der Waals surface area contributed by atoms with E-state index in [0.717, 1.165) is 21.4 Å². The van der Waals surface area contributed by atoms with Crippen molar-refractivity contribution in [2.75, 3.05) is 6.54 Å². The van der Waals surface area contributed by atoms with Gasteiger partial charge in [-0.25, -0.2) is 4.98 Å². The fourth-order valence-corrected chi connectivity index (χ4v) is 4.00. The summed E-state index contributed by atoms with van der Waals surface area (Å²) in [7, 11) is 0. The van der Waals surface area contributed by atoms with Crippen LogP contribution in [0.3, 0.4) is 0 Å². The van der Waals surface area contributed by atoms with E-state index >= 15 is 0 Å². The molecule has 0 bridgehead atoms. The van der Waals surface area contributed by atoms with E-state index in [0.29, 0.717) is 12.5 Å². The van der Waals surface area contributed by atoms with Gasteiger partial charge in [0, 0.05) is 16.8 Å². The van der Waals surface area contributed by atoms with Gasteiger partial charge in [0.25, 0.3) is 0 Å². The molecular formula is C16H15BrN2S. The van der Waals surface area contributed by atoms with Crippen LogP contribution in [0.2, 0.25) is 0 Å². The number of nitrogens with zero attached hydrogens (tertiary/aromatic N) is 1. The standard InChI is InChI=1S/C16H15BrN2S/c17-13-6-2-1-5-12(13)11(10-18)9-16-19-14-7-3-4-8-15(14)20-16/h1-8,11H,9-10,18H2. The molecule has 0 aliphatic carbocycles. The van der Waals surface area contributed by atoms with E-state index in [1.54, 1.807) is 11.3 Å². The Morgan fingerprint density at radius 1 is 1.10 bits per heavy atom. The van der Waals surface area contributed by atoms with Crippen molar-refractivity contribution in [3.8, 4) is 0 Å². The molecule has 102 valence electrons. The first-order chi connectivity index (χ1) is 9.78. The molecule has 2 N–H and O–H groups in total. The lowest BCUT2D eigenvalue weighted by atomic mass is 9.96. The minimum absolute atomic E-state index is 0.297. The van der Waals surface area contributed by atoms with Crippen molar-refractivity contribution in [2.45, 2.75) is 12.3 Å². The molecule has 0 saturated heterocycles. The lowest BCUT2D eigenvalue weighted by Gasteiger charge is -2.15. The molecular weight excluding hydrogens is 332 g/mol. The summed E-state index contributed by atoms with van der Waals surface area (Å²) < 4.78 is 2.36. The average molecular weight is 347 g/mol. The minimum Gasteiger partial charge on any atom is -0.330 e. The molecule has 0 amide bonds. The molecule has 0 radical (unpaired) electrons. The summed E-state index contributed by atoms with van der Waals surface area (Å²) >= 11 is 5.37. The van der Waals surface area contributed by atoms with Crippen molar-refractivity contribution in [3.05, 3.63) is 63.6 Å². The highest BCUT2D eigenvalue weighted by atomic mass is 79.9. The number of rotatable bonds is 4. The Bertz CT molecular complexity index is 690. The Morgan fingerprint density at radius 2 is 1.85 bits per heavy atom. The van der Waals surface area contributed by atoms with Gasteiger partial charge in [0.1, 0.15) is 0 Å². The van der Waals surface area contributed by atoms with Gasteiger partial charge in [0.05, 0.1) is 15.2 Å². The van der Waals surface area contributed by atoms with Crippen LogP contribution in [0.4, 0.5) is 0 Å². The van der Waals surface area contributed by atoms with E-state index in [2.05, 4.69) is 52.3 Å². The van der Waals surface area contributed by atoms with E-state index in [-0.39, 0.29) is 0 Å². The number of aromatic nitrogens is 1. The number of para-hydroxylation sites is 1. The van der Waals surface area contributed by atoms with Gasteiger partial charge in [-0.15, -0.1) is 11.3 Å². The van der Waals surface area contributed by atoms with Gasteiger partial charge >= 0.3 is 0 Å². The number of halogens is 1. The molecule has 1 unspecified atom stereocenters. The lowest BCUT2D eigenvalue weighted by molar-refractivity contribution is 0.689. The molecule has 0 spiro atoms. The maximum atomic E-state index is 5.97. The van der Waals surface area contributed by atoms with Crippen molar-refractivity contribution in [3.63, 3.8) is 0 Å². The molecule has 0 aliphatic rings. The van der Waals surface area contributed by atoms with E-state index in [1.807, 2.05) is 12.1 Å². The van der Waals surface area contributed by atoms with Crippen LogP contribution in [0.1, 0.15) is 16.5 Å². The first-order valence-corrected chi connectivity index (χ1v) is 8.18. The number of hydrogen-bond donors (Lipinski definition) is 1. The van der Waals surface area contributed by atoms with Crippen LogP contribution < -0.4 is 5.73 Å². The van der Waals surface area contributed by atoms with Crippen LogP contribution in [0.25, 0.3) is 10.2 Å². The summed E-state index contributed by atoms with van der Waals surface area (Å²) in [4.78, 5) is 4.70. The number of thiazole rings is 1. The Hall–Kier alpha value is -1.23. The molecule has 0 saturated carbocycles. The van der Waals surface area contributed by atoms with Crippen molar-refractivity contribution >= 4 is 37.5 Å². The zero-order chi connectivity index (χ0) is 13.9. The predicted octanol–water partition coefficient (Wildman–Crippen LogP) is 4.34. The van der Waals surface area contributed by atoms with Gasteiger partial charge in [-0.2, -0.15) is 0 Å². The molecule has 1 aromatic heterocycles. The smallest absolute Gasteiger partial charge is 0.0945 e. The van der Waals surface area contributed by atoms with Crippen molar-refractivity contribution < 1.29 is 0 Å². The van der Waals surface area contributed by atoms with Gasteiger partial charge in [0.2, 0.25) is 0 Å². The SMILES string of the molecule is NCC(Cc1nc2ccccc2s1)c1ccccc1Br. The maximum Gasteiger partial charge on any atom is 0.0945 e. The van der Waals surface area contributed by atoms with Gasteiger partial charge in [-0.1, -0.05) is 46.3 Å². The zero-order valence-corrected chi connectivity index (χ0v) is 13.3. The molecule has 3 aromatic rings. The highest BCUT2D eigenvalue weighted by Gasteiger charge is 2.15. The highest BCUT2D eigenvalue weighted by molar-refractivity contribution is 9.10. The third kappa shape index (κ3) is 2.77. The first-order valence-electron chi connectivity index (χ1n) is 6.57. The fraction of sp³-hybridized carbons (Fsp3) is 0.188. The Morgan fingerprint density at radius 3 is 2.60 bits per heavy atom. The van der Waals surface area contributed by atoms with Crippen LogP contribution in [-0.2, 0) is 6.42 Å². The van der Waals surface area contributed by atoms with Crippen molar-refractivity contribution in [2.24, 2.45) is 5.73 Å². The third-order valence-corrected chi connectivity index (χ3v) is 5.17. The van der Waals surface area contributed by atoms with Crippen LogP contribution in [0.15, 0.2) is 53.0 Å². The van der Waals surface area contributed by atoms with Crippen molar-refractivity contribution in [1.82, 2.24) is 4.98 Å². The molecule has 1 atom stereocenters. The summed E-state index contributed by atoms with van der Waals surface area (Å²) in [5.74, 6) is 0.297. The summed E-state index contributed by atoms with van der Waals surface area (Å²) in [5, 5.41) is 1.15. The third-order valence-electron chi connectivity index (χ3n) is 3.39. The summed E-state index contributed by atoms with van der Waals surface area (Å²) in [6.07, 6.45) is 0.887. The zero-order valence-electron chi connectivity index (χ0n) is 10.9. The van der Waals surface area contributed by atoms with Gasteiger partial charge < -0.3 is 5.73 Å². The van der Waals surface area contributed by atoms with E-state index in [4.69, 9.17) is 10.7 Å². The molecule has 0 fully saturated rings. The number of benzene rings is 2. The normalized spacial score (nSPS) is 12.7. The predicted molar refractivity (Wildman–Crippen MR) is 89.3 cm³/mol. The summed E-state index contributed by atoms with van der Waals surface area (Å²) in [5.41, 5.74) is 8.31. The van der Waals surface area contributed by atoms with E-state index in [1.165, 1.54) is 10.3 Å². The molecule has 0 aliphatic heterocycles. The Balaban J connectivity index is 1.90. The largest absolute Gasteiger partial charge is 0.330 e.